The summed E-state index contributed by atoms with van der Waals surface area (Å²) in [6, 6.07) is 19.4. The average molecular weight is 524 g/mol. The van der Waals surface area contributed by atoms with E-state index in [9.17, 15) is 19.1 Å². The molecule has 0 radical (unpaired) electrons. The van der Waals surface area contributed by atoms with Gasteiger partial charge >= 0.3 is 0 Å². The third-order valence-electron chi connectivity index (χ3n) is 5.47. The lowest BCUT2D eigenvalue weighted by molar-refractivity contribution is -0.120. The molecule has 0 aromatic heterocycles. The molecule has 0 atom stereocenters. The first-order chi connectivity index (χ1) is 17.3. The van der Waals surface area contributed by atoms with Crippen molar-refractivity contribution in [3.63, 3.8) is 0 Å². The number of carbonyl (C=O) groups is 2. The van der Waals surface area contributed by atoms with Crippen molar-refractivity contribution in [1.29, 1.82) is 0 Å². The summed E-state index contributed by atoms with van der Waals surface area (Å²) < 4.78 is 13.2. The molecule has 36 heavy (non-hydrogen) atoms. The van der Waals surface area contributed by atoms with E-state index in [0.717, 1.165) is 21.9 Å². The summed E-state index contributed by atoms with van der Waals surface area (Å²) in [5.74, 6) is -1.24. The molecule has 2 amide bonds. The fourth-order valence-corrected chi connectivity index (χ4v) is 4.03. The summed E-state index contributed by atoms with van der Waals surface area (Å²) in [7, 11) is 0. The summed E-state index contributed by atoms with van der Waals surface area (Å²) in [6.45, 7) is 0.187. The number of hydrogen-bond acceptors (Lipinski definition) is 4. The molecule has 0 aliphatic carbocycles. The van der Waals surface area contributed by atoms with E-state index in [1.54, 1.807) is 0 Å². The number of fused-ring (bicyclic) bond motifs is 1. The number of halogens is 3. The van der Waals surface area contributed by atoms with E-state index in [2.05, 4.69) is 15.8 Å². The van der Waals surface area contributed by atoms with Crippen LogP contribution in [0.1, 0.15) is 27.0 Å². The predicted molar refractivity (Wildman–Crippen MR) is 139 cm³/mol. The van der Waals surface area contributed by atoms with Gasteiger partial charge in [0.05, 0.1) is 17.7 Å². The lowest BCUT2D eigenvalue weighted by atomic mass is 9.98. The van der Waals surface area contributed by atoms with Gasteiger partial charge in [0, 0.05) is 22.7 Å². The van der Waals surface area contributed by atoms with Crippen LogP contribution in [0, 0.1) is 5.82 Å². The highest BCUT2D eigenvalue weighted by molar-refractivity contribution is 6.32. The molecule has 182 valence electrons. The maximum atomic E-state index is 13.2. The van der Waals surface area contributed by atoms with E-state index in [1.165, 1.54) is 42.6 Å². The van der Waals surface area contributed by atoms with E-state index in [-0.39, 0.29) is 40.2 Å². The first-order valence-corrected chi connectivity index (χ1v) is 11.6. The Hall–Kier alpha value is -3.94. The molecule has 4 aromatic rings. The minimum atomic E-state index is -0.480. The van der Waals surface area contributed by atoms with Gasteiger partial charge in [-0.3, -0.25) is 9.59 Å². The standard InChI is InChI=1S/C27H20Cl2FN3O3/c28-23-13-20(30)9-7-19(23)14-31-26(35)12-16-5-6-18(22-4-2-1-3-21(16)22)15-32-33-27(36)17-8-10-25(34)24(29)11-17/h1-11,13,15,34H,12,14H2,(H,31,35)(H,33,36). The molecule has 4 rings (SSSR count). The Morgan fingerprint density at radius 1 is 0.917 bits per heavy atom. The van der Waals surface area contributed by atoms with Gasteiger partial charge in [-0.2, -0.15) is 5.10 Å². The maximum Gasteiger partial charge on any atom is 0.271 e. The SMILES string of the molecule is O=C(Cc1ccc(C=NNC(=O)c2ccc(O)c(Cl)c2)c2ccccc12)NCc1ccc(F)cc1Cl. The predicted octanol–water partition coefficient (Wildman–Crippen LogP) is 5.61. The van der Waals surface area contributed by atoms with Crippen LogP contribution in [0.3, 0.4) is 0 Å². The number of aromatic hydroxyl groups is 1. The molecule has 6 nitrogen and oxygen atoms in total. The number of phenolic OH excluding ortho intramolecular Hbond substituents is 1. The van der Waals surface area contributed by atoms with Gasteiger partial charge in [0.25, 0.3) is 5.91 Å². The highest BCUT2D eigenvalue weighted by Gasteiger charge is 2.11. The van der Waals surface area contributed by atoms with Crippen molar-refractivity contribution in [3.8, 4) is 5.75 Å². The fourth-order valence-electron chi connectivity index (χ4n) is 3.62. The maximum absolute atomic E-state index is 13.2. The number of nitrogens with zero attached hydrogens (tertiary/aromatic N) is 1. The highest BCUT2D eigenvalue weighted by atomic mass is 35.5. The van der Waals surface area contributed by atoms with Crippen molar-refractivity contribution in [2.24, 2.45) is 5.10 Å². The Morgan fingerprint density at radius 3 is 2.42 bits per heavy atom. The van der Waals surface area contributed by atoms with E-state index >= 15 is 0 Å². The zero-order valence-electron chi connectivity index (χ0n) is 18.8. The van der Waals surface area contributed by atoms with Crippen LogP contribution in [0.25, 0.3) is 10.8 Å². The molecule has 0 fully saturated rings. The Kier molecular flexibility index (Phi) is 7.83. The van der Waals surface area contributed by atoms with Crippen LogP contribution >= 0.6 is 23.2 Å². The van der Waals surface area contributed by atoms with Crippen LogP contribution in [-0.2, 0) is 17.8 Å². The molecule has 4 aromatic carbocycles. The molecule has 0 unspecified atom stereocenters. The average Bonchev–Trinajstić information content (AvgIpc) is 2.86. The smallest absolute Gasteiger partial charge is 0.271 e. The number of hydrazone groups is 1. The lowest BCUT2D eigenvalue weighted by Gasteiger charge is -2.11. The normalized spacial score (nSPS) is 11.1. The van der Waals surface area contributed by atoms with Gasteiger partial charge < -0.3 is 10.4 Å². The summed E-state index contributed by atoms with van der Waals surface area (Å²) >= 11 is 11.9. The van der Waals surface area contributed by atoms with Crippen LogP contribution in [0.15, 0.2) is 77.9 Å². The molecular weight excluding hydrogens is 504 g/mol. The number of phenols is 1. The van der Waals surface area contributed by atoms with Crippen molar-refractivity contribution < 1.29 is 19.1 Å². The second kappa shape index (κ2) is 11.2. The zero-order valence-corrected chi connectivity index (χ0v) is 20.3. The Balaban J connectivity index is 1.45. The number of benzene rings is 4. The molecule has 0 bridgehead atoms. The molecule has 0 spiro atoms. The van der Waals surface area contributed by atoms with Crippen LogP contribution in [0.2, 0.25) is 10.0 Å². The molecule has 3 N–H and O–H groups in total. The third-order valence-corrected chi connectivity index (χ3v) is 6.12. The zero-order chi connectivity index (χ0) is 25.7. The second-order valence-electron chi connectivity index (χ2n) is 7.91. The molecular formula is C27H20Cl2FN3O3. The van der Waals surface area contributed by atoms with Crippen molar-refractivity contribution in [3.05, 3.63) is 111 Å². The topological polar surface area (TPSA) is 90.8 Å². The molecule has 0 aliphatic rings. The van der Waals surface area contributed by atoms with Crippen molar-refractivity contribution in [1.82, 2.24) is 10.7 Å². The Morgan fingerprint density at radius 2 is 1.67 bits per heavy atom. The van der Waals surface area contributed by atoms with Gasteiger partial charge in [0.15, 0.2) is 0 Å². The van der Waals surface area contributed by atoms with Crippen molar-refractivity contribution in [2.75, 3.05) is 0 Å². The summed E-state index contributed by atoms with van der Waals surface area (Å²) in [6.07, 6.45) is 1.65. The third kappa shape index (κ3) is 6.00. The van der Waals surface area contributed by atoms with Gasteiger partial charge in [-0.05, 0) is 52.2 Å². The van der Waals surface area contributed by atoms with Gasteiger partial charge in [-0.15, -0.1) is 0 Å². The van der Waals surface area contributed by atoms with E-state index in [0.29, 0.717) is 5.56 Å². The van der Waals surface area contributed by atoms with Crippen LogP contribution in [0.4, 0.5) is 4.39 Å². The monoisotopic (exact) mass is 523 g/mol. The number of rotatable bonds is 7. The molecule has 0 aliphatic heterocycles. The molecule has 0 heterocycles. The molecule has 9 heteroatoms. The van der Waals surface area contributed by atoms with Crippen LogP contribution in [0.5, 0.6) is 5.75 Å². The summed E-state index contributed by atoms with van der Waals surface area (Å²) in [5, 5.41) is 18.4. The van der Waals surface area contributed by atoms with Crippen LogP contribution in [-0.4, -0.2) is 23.1 Å². The minimum absolute atomic E-state index is 0.0676. The molecule has 0 saturated carbocycles. The number of hydrogen-bond donors (Lipinski definition) is 3. The minimum Gasteiger partial charge on any atom is -0.506 e. The highest BCUT2D eigenvalue weighted by Crippen LogP contribution is 2.24. The fraction of sp³-hybridized carbons (Fsp3) is 0.0741. The van der Waals surface area contributed by atoms with E-state index in [1.807, 2.05) is 36.4 Å². The summed E-state index contributed by atoms with van der Waals surface area (Å²) in [4.78, 5) is 24.9. The Bertz CT molecular complexity index is 1490. The van der Waals surface area contributed by atoms with Crippen molar-refractivity contribution >= 4 is 52.0 Å². The van der Waals surface area contributed by atoms with E-state index in [4.69, 9.17) is 23.2 Å². The number of carbonyl (C=O) groups excluding carboxylic acids is 2. The number of nitrogens with one attached hydrogen (secondary N) is 2. The van der Waals surface area contributed by atoms with Gasteiger partial charge in [0.2, 0.25) is 5.91 Å². The van der Waals surface area contributed by atoms with Gasteiger partial charge in [0.1, 0.15) is 11.6 Å². The quantitative estimate of drug-likeness (QED) is 0.217. The first-order valence-electron chi connectivity index (χ1n) is 10.8. The first kappa shape index (κ1) is 25.2. The second-order valence-corrected chi connectivity index (χ2v) is 8.73. The van der Waals surface area contributed by atoms with E-state index < -0.39 is 11.7 Å². The van der Waals surface area contributed by atoms with Gasteiger partial charge in [-0.1, -0.05) is 65.7 Å². The lowest BCUT2D eigenvalue weighted by Crippen LogP contribution is -2.24. The summed E-state index contributed by atoms with van der Waals surface area (Å²) in [5.41, 5.74) is 4.88. The largest absolute Gasteiger partial charge is 0.506 e. The van der Waals surface area contributed by atoms with Crippen LogP contribution < -0.4 is 10.7 Å². The number of amides is 2. The molecule has 0 saturated heterocycles. The van der Waals surface area contributed by atoms with Gasteiger partial charge in [-0.25, -0.2) is 9.82 Å². The van der Waals surface area contributed by atoms with Crippen molar-refractivity contribution in [2.45, 2.75) is 13.0 Å². The Labute approximate surface area is 216 Å².